The Morgan fingerprint density at radius 1 is 1.18 bits per heavy atom. The Labute approximate surface area is 143 Å². The van der Waals surface area contributed by atoms with Gasteiger partial charge in [0.15, 0.2) is 0 Å². The smallest absolute Gasteiger partial charge is 0.240 e. The highest BCUT2D eigenvalue weighted by Gasteiger charge is 2.15. The Morgan fingerprint density at radius 2 is 1.86 bits per heavy atom. The van der Waals surface area contributed by atoms with Gasteiger partial charge in [0.2, 0.25) is 10.0 Å². The van der Waals surface area contributed by atoms with Crippen LogP contribution in [0.5, 0.6) is 5.75 Å². The van der Waals surface area contributed by atoms with Crippen molar-refractivity contribution in [3.8, 4) is 5.75 Å². The number of hydrogen-bond donors (Lipinski definition) is 1. The van der Waals surface area contributed by atoms with Gasteiger partial charge in [-0.2, -0.15) is 0 Å². The van der Waals surface area contributed by atoms with E-state index >= 15 is 0 Å². The van der Waals surface area contributed by atoms with Crippen molar-refractivity contribution in [3.63, 3.8) is 0 Å². The Morgan fingerprint density at radius 3 is 2.45 bits per heavy atom. The minimum atomic E-state index is -3.55. The molecule has 0 amide bonds. The third-order valence-corrected chi connectivity index (χ3v) is 5.38. The third kappa shape index (κ3) is 4.46. The molecule has 0 atom stereocenters. The van der Waals surface area contributed by atoms with E-state index in [0.717, 1.165) is 5.56 Å². The van der Waals surface area contributed by atoms with Crippen LogP contribution in [0.2, 0.25) is 5.02 Å². The molecule has 118 valence electrons. The van der Waals surface area contributed by atoms with Crippen molar-refractivity contribution in [3.05, 3.63) is 57.5 Å². The van der Waals surface area contributed by atoms with Crippen LogP contribution < -0.4 is 9.46 Å². The Hall–Kier alpha value is -1.08. The fourth-order valence-corrected chi connectivity index (χ4v) is 3.75. The topological polar surface area (TPSA) is 55.4 Å². The Bertz CT molecular complexity index is 748. The number of sulfonamides is 1. The van der Waals surface area contributed by atoms with Gasteiger partial charge < -0.3 is 4.74 Å². The van der Waals surface area contributed by atoms with Gasteiger partial charge in [-0.15, -0.1) is 0 Å². The van der Waals surface area contributed by atoms with E-state index in [4.69, 9.17) is 16.3 Å². The van der Waals surface area contributed by atoms with Gasteiger partial charge >= 0.3 is 0 Å². The predicted octanol–water partition coefficient (Wildman–Crippen LogP) is 3.63. The molecule has 0 unspecified atom stereocenters. The molecule has 7 heteroatoms. The lowest BCUT2D eigenvalue weighted by Gasteiger charge is -2.09. The monoisotopic (exact) mass is 403 g/mol. The van der Waals surface area contributed by atoms with E-state index in [1.54, 1.807) is 18.2 Å². The first-order valence-corrected chi connectivity index (χ1v) is 9.15. The zero-order valence-corrected chi connectivity index (χ0v) is 15.0. The molecule has 0 fully saturated rings. The van der Waals surface area contributed by atoms with Crippen molar-refractivity contribution in [1.82, 2.24) is 4.72 Å². The molecule has 0 aromatic heterocycles. The molecule has 2 aromatic rings. The molecular formula is C15H15BrClNO3S. The average Bonchev–Trinajstić information content (AvgIpc) is 2.49. The van der Waals surface area contributed by atoms with Gasteiger partial charge in [0.25, 0.3) is 0 Å². The molecule has 0 spiro atoms. The first-order chi connectivity index (χ1) is 10.4. The molecule has 0 aliphatic heterocycles. The highest BCUT2D eigenvalue weighted by atomic mass is 79.9. The molecule has 2 rings (SSSR count). The second-order valence-corrected chi connectivity index (χ2v) is 7.63. The second-order valence-electron chi connectivity index (χ2n) is 4.57. The summed E-state index contributed by atoms with van der Waals surface area (Å²) in [6.07, 6.45) is 0.591. The highest BCUT2D eigenvalue weighted by Crippen LogP contribution is 2.27. The summed E-state index contributed by atoms with van der Waals surface area (Å²) in [7, 11) is -2.02. The highest BCUT2D eigenvalue weighted by molar-refractivity contribution is 9.10. The molecule has 0 heterocycles. The first kappa shape index (κ1) is 17.3. The van der Waals surface area contributed by atoms with Crippen molar-refractivity contribution in [2.45, 2.75) is 11.3 Å². The standard InChI is InChI=1S/C15H15BrClNO3S/c1-21-15-7-6-13(10-14(15)16)22(19,20)18-9-8-11-2-4-12(17)5-3-11/h2-7,10,18H,8-9H2,1H3. The van der Waals surface area contributed by atoms with E-state index in [2.05, 4.69) is 20.7 Å². The van der Waals surface area contributed by atoms with Crippen LogP contribution >= 0.6 is 27.5 Å². The fourth-order valence-electron chi connectivity index (χ4n) is 1.88. The maximum Gasteiger partial charge on any atom is 0.240 e. The van der Waals surface area contributed by atoms with Gasteiger partial charge in [-0.1, -0.05) is 23.7 Å². The van der Waals surface area contributed by atoms with Gasteiger partial charge in [0.05, 0.1) is 16.5 Å². The SMILES string of the molecule is COc1ccc(S(=O)(=O)NCCc2ccc(Cl)cc2)cc1Br. The van der Waals surface area contributed by atoms with E-state index in [0.29, 0.717) is 28.2 Å². The zero-order valence-electron chi connectivity index (χ0n) is 11.8. The number of nitrogens with one attached hydrogen (secondary N) is 1. The minimum Gasteiger partial charge on any atom is -0.496 e. The summed E-state index contributed by atoms with van der Waals surface area (Å²) in [5.41, 5.74) is 1.02. The summed E-state index contributed by atoms with van der Waals surface area (Å²) in [6.45, 7) is 0.313. The molecule has 22 heavy (non-hydrogen) atoms. The summed E-state index contributed by atoms with van der Waals surface area (Å²) >= 11 is 9.09. The lowest BCUT2D eigenvalue weighted by atomic mass is 10.2. The van der Waals surface area contributed by atoms with Gasteiger partial charge in [-0.05, 0) is 58.2 Å². The van der Waals surface area contributed by atoms with E-state index < -0.39 is 10.0 Å². The van der Waals surface area contributed by atoms with E-state index in [1.165, 1.54) is 19.2 Å². The van der Waals surface area contributed by atoms with Gasteiger partial charge in [0, 0.05) is 11.6 Å². The van der Waals surface area contributed by atoms with Crippen LogP contribution in [-0.4, -0.2) is 22.1 Å². The predicted molar refractivity (Wildman–Crippen MR) is 91.0 cm³/mol. The van der Waals surface area contributed by atoms with Crippen molar-refractivity contribution in [1.29, 1.82) is 0 Å². The maximum absolute atomic E-state index is 12.2. The summed E-state index contributed by atoms with van der Waals surface area (Å²) in [6, 6.07) is 12.0. The Kier molecular flexibility index (Phi) is 5.86. The molecule has 0 aliphatic carbocycles. The summed E-state index contributed by atoms with van der Waals surface area (Å²) in [5.74, 6) is 0.583. The lowest BCUT2D eigenvalue weighted by Crippen LogP contribution is -2.26. The third-order valence-electron chi connectivity index (χ3n) is 3.05. The average molecular weight is 405 g/mol. The summed E-state index contributed by atoms with van der Waals surface area (Å²) < 4.78 is 32.7. The summed E-state index contributed by atoms with van der Waals surface area (Å²) in [4.78, 5) is 0.191. The van der Waals surface area contributed by atoms with Crippen LogP contribution in [0.3, 0.4) is 0 Å². The molecule has 0 saturated heterocycles. The molecular weight excluding hydrogens is 390 g/mol. The van der Waals surface area contributed by atoms with E-state index in [1.807, 2.05) is 12.1 Å². The van der Waals surface area contributed by atoms with Crippen LogP contribution in [-0.2, 0) is 16.4 Å². The molecule has 1 N–H and O–H groups in total. The molecule has 0 radical (unpaired) electrons. The molecule has 0 aliphatic rings. The minimum absolute atomic E-state index is 0.191. The Balaban J connectivity index is 2.02. The van der Waals surface area contributed by atoms with Crippen molar-refractivity contribution in [2.75, 3.05) is 13.7 Å². The van der Waals surface area contributed by atoms with Gasteiger partial charge in [-0.25, -0.2) is 13.1 Å². The van der Waals surface area contributed by atoms with Crippen molar-refractivity contribution >= 4 is 37.6 Å². The molecule has 2 aromatic carbocycles. The number of halogens is 2. The molecule has 0 bridgehead atoms. The van der Waals surface area contributed by atoms with E-state index in [9.17, 15) is 8.42 Å². The zero-order chi connectivity index (χ0) is 16.2. The van der Waals surface area contributed by atoms with Crippen LogP contribution in [0.15, 0.2) is 51.8 Å². The van der Waals surface area contributed by atoms with Gasteiger partial charge in [-0.3, -0.25) is 0 Å². The molecule has 4 nitrogen and oxygen atoms in total. The molecule has 0 saturated carbocycles. The van der Waals surface area contributed by atoms with Crippen LogP contribution in [0, 0.1) is 0 Å². The number of hydrogen-bond acceptors (Lipinski definition) is 3. The van der Waals surface area contributed by atoms with Crippen molar-refractivity contribution in [2.24, 2.45) is 0 Å². The number of ether oxygens (including phenoxy) is 1. The number of rotatable bonds is 6. The lowest BCUT2D eigenvalue weighted by molar-refractivity contribution is 0.411. The maximum atomic E-state index is 12.2. The second kappa shape index (κ2) is 7.46. The van der Waals surface area contributed by atoms with Crippen LogP contribution in [0.4, 0.5) is 0 Å². The number of benzene rings is 2. The fraction of sp³-hybridized carbons (Fsp3) is 0.200. The van der Waals surface area contributed by atoms with Crippen LogP contribution in [0.1, 0.15) is 5.56 Å². The quantitative estimate of drug-likeness (QED) is 0.800. The summed E-state index contributed by atoms with van der Waals surface area (Å²) in [5, 5.41) is 0.660. The normalized spacial score (nSPS) is 11.4. The number of methoxy groups -OCH3 is 1. The van der Waals surface area contributed by atoms with Crippen LogP contribution in [0.25, 0.3) is 0 Å². The first-order valence-electron chi connectivity index (χ1n) is 6.50. The largest absolute Gasteiger partial charge is 0.496 e. The van der Waals surface area contributed by atoms with Crippen molar-refractivity contribution < 1.29 is 13.2 Å². The van der Waals surface area contributed by atoms with Gasteiger partial charge in [0.1, 0.15) is 5.75 Å². The van der Waals surface area contributed by atoms with E-state index in [-0.39, 0.29) is 4.90 Å².